The first-order valence-corrected chi connectivity index (χ1v) is 7.26. The predicted octanol–water partition coefficient (Wildman–Crippen LogP) is 2.40. The van der Waals surface area contributed by atoms with Crippen LogP contribution >= 0.6 is 0 Å². The zero-order chi connectivity index (χ0) is 13.6. The van der Waals surface area contributed by atoms with Crippen LogP contribution in [-0.2, 0) is 4.79 Å². The van der Waals surface area contributed by atoms with Crippen molar-refractivity contribution < 1.29 is 4.79 Å². The molecule has 1 aliphatic carbocycles. The molecule has 0 spiro atoms. The van der Waals surface area contributed by atoms with Crippen molar-refractivity contribution in [3.8, 4) is 0 Å². The lowest BCUT2D eigenvalue weighted by Crippen LogP contribution is -2.69. The summed E-state index contributed by atoms with van der Waals surface area (Å²) >= 11 is 0. The maximum absolute atomic E-state index is 12.1. The van der Waals surface area contributed by atoms with Crippen LogP contribution in [0, 0.1) is 17.3 Å². The van der Waals surface area contributed by atoms with Crippen LogP contribution < -0.4 is 5.73 Å². The molecule has 1 unspecified atom stereocenters. The van der Waals surface area contributed by atoms with Gasteiger partial charge in [0.1, 0.15) is 0 Å². The van der Waals surface area contributed by atoms with Crippen molar-refractivity contribution in [3.63, 3.8) is 0 Å². The van der Waals surface area contributed by atoms with E-state index in [1.807, 2.05) is 4.90 Å². The molecule has 2 fully saturated rings. The quantitative estimate of drug-likeness (QED) is 0.835. The van der Waals surface area contributed by atoms with Gasteiger partial charge in [-0.3, -0.25) is 4.79 Å². The normalized spacial score (nSPS) is 24.6. The van der Waals surface area contributed by atoms with Gasteiger partial charge in [0.2, 0.25) is 5.91 Å². The molecule has 2 N–H and O–H groups in total. The van der Waals surface area contributed by atoms with Gasteiger partial charge in [0, 0.05) is 19.5 Å². The zero-order valence-corrected chi connectivity index (χ0v) is 12.3. The first kappa shape index (κ1) is 13.9. The first-order chi connectivity index (χ1) is 8.20. The number of hydrogen-bond acceptors (Lipinski definition) is 2. The summed E-state index contributed by atoms with van der Waals surface area (Å²) in [4.78, 5) is 14.1. The lowest BCUT2D eigenvalue weighted by Gasteiger charge is -2.48. The molecule has 1 amide bonds. The molecule has 0 radical (unpaired) electrons. The molecule has 1 aliphatic heterocycles. The number of carbonyl (C=O) groups is 1. The van der Waals surface area contributed by atoms with Crippen LogP contribution in [0.5, 0.6) is 0 Å². The van der Waals surface area contributed by atoms with Crippen LogP contribution in [0.15, 0.2) is 0 Å². The molecule has 1 saturated carbocycles. The molecule has 1 atom stereocenters. The minimum absolute atomic E-state index is 0.0388. The van der Waals surface area contributed by atoms with Crippen LogP contribution in [-0.4, -0.2) is 29.4 Å². The minimum atomic E-state index is -0.0388. The number of rotatable bonds is 4. The molecule has 3 heteroatoms. The maximum atomic E-state index is 12.1. The molecule has 1 saturated heterocycles. The summed E-state index contributed by atoms with van der Waals surface area (Å²) in [5, 5.41) is 0. The number of nitrogens with two attached hydrogens (primary N) is 1. The lowest BCUT2D eigenvalue weighted by atomic mass is 9.82. The highest BCUT2D eigenvalue weighted by Crippen LogP contribution is 2.43. The Morgan fingerprint density at radius 1 is 1.39 bits per heavy atom. The Labute approximate surface area is 111 Å². The second-order valence-corrected chi connectivity index (χ2v) is 7.83. The second-order valence-electron chi connectivity index (χ2n) is 7.83. The number of hydrogen-bond donors (Lipinski definition) is 1. The molecule has 18 heavy (non-hydrogen) atoms. The fourth-order valence-electron chi connectivity index (χ4n) is 3.30. The largest absolute Gasteiger partial charge is 0.339 e. The van der Waals surface area contributed by atoms with E-state index in [2.05, 4.69) is 27.7 Å². The molecule has 0 aromatic heterocycles. The van der Waals surface area contributed by atoms with E-state index in [9.17, 15) is 4.79 Å². The van der Waals surface area contributed by atoms with Gasteiger partial charge >= 0.3 is 0 Å². The van der Waals surface area contributed by atoms with Gasteiger partial charge < -0.3 is 10.6 Å². The molecular formula is C15H28N2O. The Kier molecular flexibility index (Phi) is 3.48. The van der Waals surface area contributed by atoms with Crippen LogP contribution in [0.4, 0.5) is 0 Å². The number of likely N-dealkylation sites (tertiary alicyclic amines) is 1. The van der Waals surface area contributed by atoms with Crippen molar-refractivity contribution in [1.29, 1.82) is 0 Å². The van der Waals surface area contributed by atoms with E-state index in [0.717, 1.165) is 19.5 Å². The molecule has 2 rings (SSSR count). The molecule has 3 nitrogen and oxygen atoms in total. The highest BCUT2D eigenvalue weighted by atomic mass is 16.2. The number of amides is 1. The Morgan fingerprint density at radius 3 is 2.39 bits per heavy atom. The predicted molar refractivity (Wildman–Crippen MR) is 74.1 cm³/mol. The summed E-state index contributed by atoms with van der Waals surface area (Å²) in [5.41, 5.74) is 6.54. The third kappa shape index (κ3) is 3.25. The van der Waals surface area contributed by atoms with Gasteiger partial charge in [0.15, 0.2) is 0 Å². The summed E-state index contributed by atoms with van der Waals surface area (Å²) in [5.74, 6) is 1.45. The molecular weight excluding hydrogens is 224 g/mol. The van der Waals surface area contributed by atoms with Crippen molar-refractivity contribution in [3.05, 3.63) is 0 Å². The summed E-state index contributed by atoms with van der Waals surface area (Å²) in [6, 6.07) is 0. The van der Waals surface area contributed by atoms with Gasteiger partial charge in [0.05, 0.1) is 5.54 Å². The van der Waals surface area contributed by atoms with Gasteiger partial charge in [-0.1, -0.05) is 27.7 Å². The van der Waals surface area contributed by atoms with Crippen molar-refractivity contribution in [2.75, 3.05) is 13.1 Å². The minimum Gasteiger partial charge on any atom is -0.339 e. The van der Waals surface area contributed by atoms with Crippen molar-refractivity contribution in [1.82, 2.24) is 4.90 Å². The smallest absolute Gasteiger partial charge is 0.222 e. The molecule has 0 aromatic rings. The Morgan fingerprint density at radius 2 is 1.94 bits per heavy atom. The maximum Gasteiger partial charge on any atom is 0.222 e. The van der Waals surface area contributed by atoms with E-state index in [1.165, 1.54) is 12.8 Å². The average Bonchev–Trinajstić information content (AvgIpc) is 2.91. The fraction of sp³-hybridized carbons (Fsp3) is 0.933. The zero-order valence-electron chi connectivity index (χ0n) is 12.3. The third-order valence-corrected chi connectivity index (χ3v) is 4.20. The van der Waals surface area contributed by atoms with E-state index in [-0.39, 0.29) is 5.54 Å². The van der Waals surface area contributed by atoms with E-state index < -0.39 is 0 Å². The summed E-state index contributed by atoms with van der Waals surface area (Å²) < 4.78 is 0. The van der Waals surface area contributed by atoms with Crippen LogP contribution in [0.25, 0.3) is 0 Å². The van der Waals surface area contributed by atoms with Gasteiger partial charge in [-0.25, -0.2) is 0 Å². The Hall–Kier alpha value is -0.570. The van der Waals surface area contributed by atoms with E-state index in [0.29, 0.717) is 29.6 Å². The van der Waals surface area contributed by atoms with E-state index in [4.69, 9.17) is 5.73 Å². The summed E-state index contributed by atoms with van der Waals surface area (Å²) in [6.45, 7) is 10.5. The number of nitrogens with zero attached hydrogens (tertiary/aromatic N) is 1. The van der Waals surface area contributed by atoms with Gasteiger partial charge in [-0.15, -0.1) is 0 Å². The van der Waals surface area contributed by atoms with E-state index in [1.54, 1.807) is 0 Å². The van der Waals surface area contributed by atoms with Crippen LogP contribution in [0.2, 0.25) is 0 Å². The standard InChI is InChI=1S/C15H28N2O/c1-11(8-14(2,3)4)7-13(18)17-9-15(16,10-17)12-5-6-12/h11-12H,5-10,16H2,1-4H3. The van der Waals surface area contributed by atoms with Gasteiger partial charge in [0.25, 0.3) is 0 Å². The molecule has 1 heterocycles. The molecule has 2 aliphatic rings. The third-order valence-electron chi connectivity index (χ3n) is 4.20. The SMILES string of the molecule is CC(CC(=O)N1CC(N)(C2CC2)C1)CC(C)(C)C. The highest BCUT2D eigenvalue weighted by molar-refractivity contribution is 5.77. The summed E-state index contributed by atoms with van der Waals surface area (Å²) in [7, 11) is 0. The highest BCUT2D eigenvalue weighted by Gasteiger charge is 2.51. The fourth-order valence-corrected chi connectivity index (χ4v) is 3.30. The van der Waals surface area contributed by atoms with Crippen LogP contribution in [0.3, 0.4) is 0 Å². The number of carbonyl (C=O) groups excluding carboxylic acids is 1. The van der Waals surface area contributed by atoms with E-state index >= 15 is 0 Å². The van der Waals surface area contributed by atoms with Crippen molar-refractivity contribution >= 4 is 5.91 Å². The topological polar surface area (TPSA) is 46.3 Å². The van der Waals surface area contributed by atoms with Crippen molar-refractivity contribution in [2.24, 2.45) is 23.0 Å². The van der Waals surface area contributed by atoms with Crippen LogP contribution in [0.1, 0.15) is 53.4 Å². The molecule has 0 aromatic carbocycles. The average molecular weight is 252 g/mol. The second kappa shape index (κ2) is 4.52. The first-order valence-electron chi connectivity index (χ1n) is 7.26. The Balaban J connectivity index is 1.73. The molecule has 0 bridgehead atoms. The van der Waals surface area contributed by atoms with Gasteiger partial charge in [-0.2, -0.15) is 0 Å². The monoisotopic (exact) mass is 252 g/mol. The van der Waals surface area contributed by atoms with Crippen molar-refractivity contribution in [2.45, 2.75) is 58.9 Å². The molecule has 104 valence electrons. The summed E-state index contributed by atoms with van der Waals surface area (Å²) in [6.07, 6.45) is 4.30. The lowest BCUT2D eigenvalue weighted by molar-refractivity contribution is -0.140. The van der Waals surface area contributed by atoms with Gasteiger partial charge in [-0.05, 0) is 36.5 Å². The Bertz CT molecular complexity index is 322.